The molecule has 0 unspecified atom stereocenters. The maximum absolute atomic E-state index is 13.5. The first kappa shape index (κ1) is 22.1. The van der Waals surface area contributed by atoms with Crippen molar-refractivity contribution >= 4 is 40.9 Å². The SMILES string of the molecule is O=C(O)c1ccc(CN2C(=O)c3ccc(Cl)cc3CC(=O)[C@H]2Cc2ccc(Cl)cc2)cc1. The van der Waals surface area contributed by atoms with Crippen LogP contribution in [-0.2, 0) is 24.2 Å². The monoisotopic (exact) mass is 467 g/mol. The van der Waals surface area contributed by atoms with Crippen molar-refractivity contribution in [2.24, 2.45) is 0 Å². The fourth-order valence-corrected chi connectivity index (χ4v) is 4.21. The smallest absolute Gasteiger partial charge is 0.335 e. The molecule has 1 aliphatic rings. The number of carboxylic acid groups (broad SMARTS) is 1. The van der Waals surface area contributed by atoms with Gasteiger partial charge >= 0.3 is 5.97 Å². The second kappa shape index (κ2) is 9.15. The van der Waals surface area contributed by atoms with Crippen LogP contribution in [0.5, 0.6) is 0 Å². The van der Waals surface area contributed by atoms with Gasteiger partial charge in [-0.05, 0) is 65.6 Å². The van der Waals surface area contributed by atoms with Gasteiger partial charge in [0.05, 0.1) is 11.6 Å². The summed E-state index contributed by atoms with van der Waals surface area (Å²) in [5, 5.41) is 10.2. The lowest BCUT2D eigenvalue weighted by molar-refractivity contribution is -0.122. The number of Topliss-reactive ketones (excluding diaryl/α,β-unsaturated/α-hetero) is 1. The molecule has 0 aromatic heterocycles. The van der Waals surface area contributed by atoms with Gasteiger partial charge in [0, 0.05) is 28.6 Å². The van der Waals surface area contributed by atoms with E-state index in [0.29, 0.717) is 27.6 Å². The Hall–Kier alpha value is -3.15. The maximum Gasteiger partial charge on any atom is 0.335 e. The van der Waals surface area contributed by atoms with E-state index in [4.69, 9.17) is 28.3 Å². The van der Waals surface area contributed by atoms with Gasteiger partial charge in [0.2, 0.25) is 0 Å². The van der Waals surface area contributed by atoms with Crippen LogP contribution in [0.25, 0.3) is 0 Å². The highest BCUT2D eigenvalue weighted by atomic mass is 35.5. The van der Waals surface area contributed by atoms with Crippen LogP contribution >= 0.6 is 23.2 Å². The molecule has 32 heavy (non-hydrogen) atoms. The van der Waals surface area contributed by atoms with E-state index in [1.807, 2.05) is 12.1 Å². The molecular formula is C25H19Cl2NO4. The molecule has 0 fully saturated rings. The Kier molecular flexibility index (Phi) is 6.31. The zero-order valence-corrected chi connectivity index (χ0v) is 18.4. The van der Waals surface area contributed by atoms with Gasteiger partial charge in [0.25, 0.3) is 5.91 Å². The minimum atomic E-state index is -1.02. The highest BCUT2D eigenvalue weighted by molar-refractivity contribution is 6.31. The summed E-state index contributed by atoms with van der Waals surface area (Å²) < 4.78 is 0. The van der Waals surface area contributed by atoms with Crippen molar-refractivity contribution in [3.63, 3.8) is 0 Å². The molecule has 1 aliphatic heterocycles. The van der Waals surface area contributed by atoms with Crippen LogP contribution in [0.15, 0.2) is 66.7 Å². The molecule has 0 saturated heterocycles. The predicted octanol–water partition coefficient (Wildman–Crippen LogP) is 5.07. The number of fused-ring (bicyclic) bond motifs is 1. The van der Waals surface area contributed by atoms with Crippen molar-refractivity contribution < 1.29 is 19.5 Å². The van der Waals surface area contributed by atoms with E-state index in [-0.39, 0.29) is 30.2 Å². The second-order valence-electron chi connectivity index (χ2n) is 7.73. The van der Waals surface area contributed by atoms with E-state index in [1.54, 1.807) is 47.4 Å². The van der Waals surface area contributed by atoms with Crippen LogP contribution in [0.2, 0.25) is 10.0 Å². The molecule has 5 nitrogen and oxygen atoms in total. The number of amides is 1. The minimum absolute atomic E-state index is 0.0866. The number of halogens is 2. The van der Waals surface area contributed by atoms with E-state index in [2.05, 4.69) is 0 Å². The van der Waals surface area contributed by atoms with Crippen LogP contribution in [0.1, 0.15) is 37.4 Å². The summed E-state index contributed by atoms with van der Waals surface area (Å²) in [6.07, 6.45) is 0.449. The average molecular weight is 468 g/mol. The topological polar surface area (TPSA) is 74.7 Å². The summed E-state index contributed by atoms with van der Waals surface area (Å²) in [7, 11) is 0. The molecule has 0 radical (unpaired) electrons. The summed E-state index contributed by atoms with van der Waals surface area (Å²) in [6, 6.07) is 17.8. The van der Waals surface area contributed by atoms with Crippen molar-refractivity contribution in [2.45, 2.75) is 25.4 Å². The number of nitrogens with zero attached hydrogens (tertiary/aromatic N) is 1. The molecule has 3 aromatic carbocycles. The van der Waals surface area contributed by atoms with E-state index in [1.165, 1.54) is 12.1 Å². The highest BCUT2D eigenvalue weighted by Crippen LogP contribution is 2.27. The lowest BCUT2D eigenvalue weighted by Crippen LogP contribution is -2.44. The van der Waals surface area contributed by atoms with Crippen LogP contribution in [0, 0.1) is 0 Å². The first-order valence-electron chi connectivity index (χ1n) is 10.0. The van der Waals surface area contributed by atoms with Gasteiger partial charge in [0.15, 0.2) is 5.78 Å². The second-order valence-corrected chi connectivity index (χ2v) is 8.60. The quantitative estimate of drug-likeness (QED) is 0.568. The molecule has 162 valence electrons. The Bertz CT molecular complexity index is 1190. The average Bonchev–Trinajstić information content (AvgIpc) is 2.85. The maximum atomic E-state index is 13.5. The summed E-state index contributed by atoms with van der Waals surface area (Å²) in [5.41, 5.74) is 2.83. The molecule has 1 amide bonds. The summed E-state index contributed by atoms with van der Waals surface area (Å²) in [6.45, 7) is 0.171. The molecule has 1 heterocycles. The van der Waals surface area contributed by atoms with E-state index in [9.17, 15) is 14.4 Å². The number of benzene rings is 3. The predicted molar refractivity (Wildman–Crippen MR) is 122 cm³/mol. The van der Waals surface area contributed by atoms with Gasteiger partial charge < -0.3 is 10.0 Å². The molecule has 0 spiro atoms. The van der Waals surface area contributed by atoms with E-state index >= 15 is 0 Å². The Morgan fingerprint density at radius 2 is 1.53 bits per heavy atom. The number of aromatic carboxylic acids is 1. The minimum Gasteiger partial charge on any atom is -0.478 e. The Morgan fingerprint density at radius 3 is 2.19 bits per heavy atom. The Labute approximate surface area is 195 Å². The number of hydrogen-bond acceptors (Lipinski definition) is 3. The molecule has 0 bridgehead atoms. The molecule has 1 atom stereocenters. The van der Waals surface area contributed by atoms with Crippen LogP contribution in [0.4, 0.5) is 0 Å². The standard InChI is InChI=1S/C25H19Cl2NO4/c26-19-7-3-15(4-8-19)11-22-23(29)13-18-12-20(27)9-10-21(18)24(30)28(22)14-16-1-5-17(6-2-16)25(31)32/h1-10,12,22H,11,13-14H2,(H,31,32)/t22-/m1/s1. The van der Waals surface area contributed by atoms with Gasteiger partial charge in [-0.3, -0.25) is 9.59 Å². The lowest BCUT2D eigenvalue weighted by atomic mass is 9.97. The fraction of sp³-hybridized carbons (Fsp3) is 0.160. The summed E-state index contributed by atoms with van der Waals surface area (Å²) in [5.74, 6) is -1.37. The lowest BCUT2D eigenvalue weighted by Gasteiger charge is -2.29. The van der Waals surface area contributed by atoms with E-state index < -0.39 is 12.0 Å². The van der Waals surface area contributed by atoms with Gasteiger partial charge in [-0.15, -0.1) is 0 Å². The van der Waals surface area contributed by atoms with Crippen molar-refractivity contribution in [1.82, 2.24) is 4.90 Å². The molecule has 0 aliphatic carbocycles. The van der Waals surface area contributed by atoms with Crippen molar-refractivity contribution in [3.8, 4) is 0 Å². The zero-order valence-electron chi connectivity index (χ0n) is 16.9. The van der Waals surface area contributed by atoms with Gasteiger partial charge in [-0.2, -0.15) is 0 Å². The number of carboxylic acids is 1. The van der Waals surface area contributed by atoms with Gasteiger partial charge in [-0.25, -0.2) is 4.79 Å². The zero-order chi connectivity index (χ0) is 22.8. The normalized spacial score (nSPS) is 15.9. The molecule has 4 rings (SSSR count). The highest BCUT2D eigenvalue weighted by Gasteiger charge is 2.35. The third-order valence-electron chi connectivity index (χ3n) is 5.57. The third-order valence-corrected chi connectivity index (χ3v) is 6.05. The molecule has 7 heteroatoms. The first-order chi connectivity index (χ1) is 15.3. The van der Waals surface area contributed by atoms with Crippen molar-refractivity contribution in [1.29, 1.82) is 0 Å². The number of rotatable bonds is 5. The van der Waals surface area contributed by atoms with Crippen molar-refractivity contribution in [2.75, 3.05) is 0 Å². The van der Waals surface area contributed by atoms with Gasteiger partial charge in [0.1, 0.15) is 0 Å². The van der Waals surface area contributed by atoms with Gasteiger partial charge in [-0.1, -0.05) is 47.5 Å². The Morgan fingerprint density at radius 1 is 0.906 bits per heavy atom. The summed E-state index contributed by atoms with van der Waals surface area (Å²) >= 11 is 12.1. The Balaban J connectivity index is 1.72. The summed E-state index contributed by atoms with van der Waals surface area (Å²) in [4.78, 5) is 39.6. The number of ketones is 1. The third kappa shape index (κ3) is 4.69. The van der Waals surface area contributed by atoms with E-state index in [0.717, 1.165) is 11.1 Å². The van der Waals surface area contributed by atoms with Crippen LogP contribution in [0.3, 0.4) is 0 Å². The molecule has 1 N–H and O–H groups in total. The number of carbonyl (C=O) groups is 3. The number of carbonyl (C=O) groups excluding carboxylic acids is 2. The molecule has 3 aromatic rings. The van der Waals surface area contributed by atoms with Crippen molar-refractivity contribution in [3.05, 3.63) is 105 Å². The molecule has 0 saturated carbocycles. The first-order valence-corrected chi connectivity index (χ1v) is 10.8. The van der Waals surface area contributed by atoms with Crippen LogP contribution in [-0.4, -0.2) is 33.7 Å². The van der Waals surface area contributed by atoms with Crippen LogP contribution < -0.4 is 0 Å². The largest absolute Gasteiger partial charge is 0.478 e. The molecular weight excluding hydrogens is 449 g/mol. The number of hydrogen-bond donors (Lipinski definition) is 1. The fourth-order valence-electron chi connectivity index (χ4n) is 3.89.